The number of benzene rings is 3. The molecule has 3 aromatic carbocycles. The smallest absolute Gasteiger partial charge is 0.343 e. The molecule has 0 unspecified atom stereocenters. The van der Waals surface area contributed by atoms with Gasteiger partial charge in [0.25, 0.3) is 0 Å². The van der Waals surface area contributed by atoms with Crippen molar-refractivity contribution in [1.82, 2.24) is 0 Å². The lowest BCUT2D eigenvalue weighted by atomic mass is 9.78. The fourth-order valence-electron chi connectivity index (χ4n) is 3.27. The van der Waals surface area contributed by atoms with E-state index >= 15 is 0 Å². The second-order valence-electron chi connectivity index (χ2n) is 8.10. The third-order valence-electron chi connectivity index (χ3n) is 4.99. The van der Waals surface area contributed by atoms with Crippen molar-refractivity contribution in [2.24, 2.45) is 0 Å². The van der Waals surface area contributed by atoms with E-state index in [1.54, 1.807) is 6.07 Å². The van der Waals surface area contributed by atoms with E-state index in [-0.39, 0.29) is 17.5 Å². The third kappa shape index (κ3) is 5.05. The standard InChI is InChI=1S/C26H28O3/c1-18(2)28-23-13-9-21(10-14-23)26(4,5)22-11-15-24(16-12-22)29-25(27)20-8-6-7-19(3)17-20/h6-18H,1-5H3. The fourth-order valence-corrected chi connectivity index (χ4v) is 3.27. The Morgan fingerprint density at radius 2 is 1.38 bits per heavy atom. The van der Waals surface area contributed by atoms with Gasteiger partial charge >= 0.3 is 5.97 Å². The summed E-state index contributed by atoms with van der Waals surface area (Å²) < 4.78 is 11.3. The van der Waals surface area contributed by atoms with Gasteiger partial charge in [0.15, 0.2) is 0 Å². The molecule has 3 aromatic rings. The predicted molar refractivity (Wildman–Crippen MR) is 117 cm³/mol. The first kappa shape index (κ1) is 20.7. The highest BCUT2D eigenvalue weighted by molar-refractivity contribution is 5.91. The minimum atomic E-state index is -0.346. The van der Waals surface area contributed by atoms with Crippen molar-refractivity contribution < 1.29 is 14.3 Å². The van der Waals surface area contributed by atoms with Gasteiger partial charge in [-0.1, -0.05) is 55.8 Å². The quantitative estimate of drug-likeness (QED) is 0.366. The zero-order valence-corrected chi connectivity index (χ0v) is 17.7. The maximum atomic E-state index is 12.3. The van der Waals surface area contributed by atoms with Crippen molar-refractivity contribution >= 4 is 5.97 Å². The van der Waals surface area contributed by atoms with Crippen molar-refractivity contribution in [2.45, 2.75) is 46.1 Å². The summed E-state index contributed by atoms with van der Waals surface area (Å²) in [7, 11) is 0. The van der Waals surface area contributed by atoms with Crippen LogP contribution in [0.4, 0.5) is 0 Å². The molecule has 0 aliphatic rings. The number of hydrogen-bond acceptors (Lipinski definition) is 3. The average molecular weight is 389 g/mol. The number of carbonyl (C=O) groups is 1. The summed E-state index contributed by atoms with van der Waals surface area (Å²) in [6.45, 7) is 10.4. The Labute approximate surface area is 173 Å². The molecule has 3 nitrogen and oxygen atoms in total. The summed E-state index contributed by atoms with van der Waals surface area (Å²) >= 11 is 0. The molecule has 0 aromatic heterocycles. The molecule has 0 radical (unpaired) electrons. The number of esters is 1. The lowest BCUT2D eigenvalue weighted by Gasteiger charge is -2.26. The largest absolute Gasteiger partial charge is 0.491 e. The molecule has 0 aliphatic carbocycles. The van der Waals surface area contributed by atoms with Gasteiger partial charge in [0.2, 0.25) is 0 Å². The van der Waals surface area contributed by atoms with Gasteiger partial charge in [-0.15, -0.1) is 0 Å². The maximum absolute atomic E-state index is 12.3. The molecule has 0 atom stereocenters. The van der Waals surface area contributed by atoms with Gasteiger partial charge in [-0.05, 0) is 68.3 Å². The summed E-state index contributed by atoms with van der Waals surface area (Å²) in [5.41, 5.74) is 3.73. The first-order valence-electron chi connectivity index (χ1n) is 9.92. The molecular weight excluding hydrogens is 360 g/mol. The highest BCUT2D eigenvalue weighted by Gasteiger charge is 2.23. The van der Waals surface area contributed by atoms with Gasteiger partial charge in [-0.25, -0.2) is 4.79 Å². The molecule has 0 aliphatic heterocycles. The van der Waals surface area contributed by atoms with Crippen LogP contribution in [0.2, 0.25) is 0 Å². The lowest BCUT2D eigenvalue weighted by Crippen LogP contribution is -2.19. The molecule has 0 spiro atoms. The van der Waals surface area contributed by atoms with E-state index in [0.29, 0.717) is 11.3 Å². The average Bonchev–Trinajstić information content (AvgIpc) is 2.68. The Morgan fingerprint density at radius 3 is 1.90 bits per heavy atom. The summed E-state index contributed by atoms with van der Waals surface area (Å²) in [6, 6.07) is 23.3. The Kier molecular flexibility index (Phi) is 6.07. The molecule has 0 saturated heterocycles. The van der Waals surface area contributed by atoms with Crippen molar-refractivity contribution in [3.8, 4) is 11.5 Å². The van der Waals surface area contributed by atoms with Crippen LogP contribution in [0.5, 0.6) is 11.5 Å². The van der Waals surface area contributed by atoms with E-state index in [4.69, 9.17) is 9.47 Å². The van der Waals surface area contributed by atoms with Crippen LogP contribution in [0.25, 0.3) is 0 Å². The predicted octanol–water partition coefficient (Wildman–Crippen LogP) is 6.33. The van der Waals surface area contributed by atoms with E-state index in [1.807, 2.05) is 75.4 Å². The highest BCUT2D eigenvalue weighted by atomic mass is 16.5. The van der Waals surface area contributed by atoms with Gasteiger partial charge in [0.1, 0.15) is 11.5 Å². The Morgan fingerprint density at radius 1 is 0.828 bits per heavy atom. The van der Waals surface area contributed by atoms with Gasteiger partial charge in [0.05, 0.1) is 11.7 Å². The molecule has 0 N–H and O–H groups in total. The lowest BCUT2D eigenvalue weighted by molar-refractivity contribution is 0.0734. The van der Waals surface area contributed by atoms with Crippen LogP contribution in [0.3, 0.4) is 0 Å². The molecule has 3 heteroatoms. The second-order valence-corrected chi connectivity index (χ2v) is 8.10. The van der Waals surface area contributed by atoms with Gasteiger partial charge in [-0.3, -0.25) is 0 Å². The van der Waals surface area contributed by atoms with E-state index < -0.39 is 0 Å². The monoisotopic (exact) mass is 388 g/mol. The van der Waals surface area contributed by atoms with Crippen LogP contribution in [0.15, 0.2) is 72.8 Å². The number of carbonyl (C=O) groups excluding carboxylic acids is 1. The van der Waals surface area contributed by atoms with E-state index in [1.165, 1.54) is 5.56 Å². The molecule has 0 heterocycles. The van der Waals surface area contributed by atoms with Crippen molar-refractivity contribution in [3.05, 3.63) is 95.1 Å². The Bertz CT molecular complexity index is 968. The zero-order chi connectivity index (χ0) is 21.0. The highest BCUT2D eigenvalue weighted by Crippen LogP contribution is 2.33. The first-order valence-corrected chi connectivity index (χ1v) is 9.92. The summed E-state index contributed by atoms with van der Waals surface area (Å²) in [6.07, 6.45) is 0.156. The molecule has 0 fully saturated rings. The molecule has 0 bridgehead atoms. The molecule has 0 saturated carbocycles. The second kappa shape index (κ2) is 8.52. The third-order valence-corrected chi connectivity index (χ3v) is 4.99. The molecule has 0 amide bonds. The minimum absolute atomic E-state index is 0.156. The first-order chi connectivity index (χ1) is 13.8. The zero-order valence-electron chi connectivity index (χ0n) is 17.7. The summed E-state index contributed by atoms with van der Waals surface area (Å²) in [4.78, 5) is 12.3. The normalized spacial score (nSPS) is 11.4. The number of ether oxygens (including phenoxy) is 2. The van der Waals surface area contributed by atoms with Gasteiger partial charge in [0, 0.05) is 5.41 Å². The van der Waals surface area contributed by atoms with Crippen LogP contribution in [-0.2, 0) is 5.41 Å². The topological polar surface area (TPSA) is 35.5 Å². The van der Waals surface area contributed by atoms with E-state index in [9.17, 15) is 4.79 Å². The SMILES string of the molecule is Cc1cccc(C(=O)Oc2ccc(C(C)(C)c3ccc(OC(C)C)cc3)cc2)c1. The van der Waals surface area contributed by atoms with Crippen LogP contribution >= 0.6 is 0 Å². The summed E-state index contributed by atoms with van der Waals surface area (Å²) in [5.74, 6) is 1.07. The van der Waals surface area contributed by atoms with Crippen LogP contribution < -0.4 is 9.47 Å². The van der Waals surface area contributed by atoms with E-state index in [0.717, 1.165) is 16.9 Å². The van der Waals surface area contributed by atoms with Crippen molar-refractivity contribution in [1.29, 1.82) is 0 Å². The minimum Gasteiger partial charge on any atom is -0.491 e. The number of rotatable bonds is 6. The van der Waals surface area contributed by atoms with Crippen molar-refractivity contribution in [3.63, 3.8) is 0 Å². The molecule has 29 heavy (non-hydrogen) atoms. The van der Waals surface area contributed by atoms with Crippen LogP contribution in [0, 0.1) is 6.92 Å². The van der Waals surface area contributed by atoms with Gasteiger partial charge < -0.3 is 9.47 Å². The van der Waals surface area contributed by atoms with Crippen LogP contribution in [0.1, 0.15) is 54.7 Å². The van der Waals surface area contributed by atoms with Gasteiger partial charge in [-0.2, -0.15) is 0 Å². The Balaban J connectivity index is 1.73. The van der Waals surface area contributed by atoms with Crippen molar-refractivity contribution in [2.75, 3.05) is 0 Å². The van der Waals surface area contributed by atoms with E-state index in [2.05, 4.69) is 26.0 Å². The number of hydrogen-bond donors (Lipinski definition) is 0. The van der Waals surface area contributed by atoms with Crippen LogP contribution in [-0.4, -0.2) is 12.1 Å². The Hall–Kier alpha value is -3.07. The fraction of sp³-hybridized carbons (Fsp3) is 0.269. The summed E-state index contributed by atoms with van der Waals surface area (Å²) in [5, 5.41) is 0. The number of aryl methyl sites for hydroxylation is 1. The molecule has 3 rings (SSSR count). The maximum Gasteiger partial charge on any atom is 0.343 e. The molecular formula is C26H28O3. The molecule has 150 valence electrons.